The molecular formula is C18H12BrF2NO. The minimum atomic E-state index is -3.07. The van der Waals surface area contributed by atoms with E-state index < -0.39 is 12.2 Å². The first-order chi connectivity index (χ1) is 11.0. The van der Waals surface area contributed by atoms with E-state index in [9.17, 15) is 13.6 Å². The van der Waals surface area contributed by atoms with E-state index in [0.29, 0.717) is 27.7 Å². The Balaban J connectivity index is 2.47. The number of pyridine rings is 1. The number of hydrogen-bond donors (Lipinski definition) is 0. The predicted molar refractivity (Wildman–Crippen MR) is 90.0 cm³/mol. The van der Waals surface area contributed by atoms with E-state index in [1.165, 1.54) is 0 Å². The highest BCUT2D eigenvalue weighted by atomic mass is 79.9. The highest BCUT2D eigenvalue weighted by Gasteiger charge is 2.26. The van der Waals surface area contributed by atoms with Gasteiger partial charge < -0.3 is 0 Å². The fourth-order valence-electron chi connectivity index (χ4n) is 2.69. The van der Waals surface area contributed by atoms with Gasteiger partial charge in [0.25, 0.3) is 0 Å². The Hall–Kier alpha value is -2.14. The summed E-state index contributed by atoms with van der Waals surface area (Å²) in [5, 5.41) is 0.667. The largest absolute Gasteiger partial charge is 0.300 e. The Morgan fingerprint density at radius 2 is 1.78 bits per heavy atom. The second kappa shape index (κ2) is 6.16. The molecule has 116 valence electrons. The van der Waals surface area contributed by atoms with Gasteiger partial charge in [0.05, 0.1) is 11.1 Å². The first-order valence-electron chi connectivity index (χ1n) is 6.97. The van der Waals surface area contributed by atoms with Crippen LogP contribution in [0, 0.1) is 6.92 Å². The van der Waals surface area contributed by atoms with E-state index in [1.54, 1.807) is 31.2 Å². The van der Waals surface area contributed by atoms with Gasteiger partial charge in [-0.1, -0.05) is 42.5 Å². The molecule has 2 nitrogen and oxygen atoms in total. The lowest BCUT2D eigenvalue weighted by molar-refractivity contribution is 0.0678. The zero-order chi connectivity index (χ0) is 16.6. The number of halogens is 3. The number of carbonyl (C=O) groups excluding carboxylic acids is 1. The van der Waals surface area contributed by atoms with Gasteiger partial charge in [0.15, 0.2) is 0 Å². The van der Waals surface area contributed by atoms with Crippen molar-refractivity contribution in [2.24, 2.45) is 0 Å². The molecule has 0 saturated carbocycles. The van der Waals surface area contributed by atoms with Crippen LogP contribution in [0.4, 0.5) is 8.78 Å². The number of rotatable bonds is 3. The third kappa shape index (κ3) is 2.77. The van der Waals surface area contributed by atoms with Gasteiger partial charge in [-0.3, -0.25) is 9.78 Å². The summed E-state index contributed by atoms with van der Waals surface area (Å²) in [5.41, 5.74) is 2.14. The van der Waals surface area contributed by atoms with Crippen molar-refractivity contribution >= 4 is 32.6 Å². The molecule has 0 aliphatic rings. The minimum Gasteiger partial charge on any atom is -0.288 e. The molecule has 0 radical (unpaired) electrons. The molecule has 0 aliphatic carbocycles. The maximum atomic E-state index is 13.1. The number of benzene rings is 2. The lowest BCUT2D eigenvalue weighted by Crippen LogP contribution is -2.15. The molecule has 3 rings (SSSR count). The average molecular weight is 376 g/mol. The smallest absolute Gasteiger partial charge is 0.288 e. The van der Waals surface area contributed by atoms with E-state index in [-0.39, 0.29) is 5.56 Å². The molecule has 0 spiro atoms. The minimum absolute atomic E-state index is 0.0169. The van der Waals surface area contributed by atoms with Gasteiger partial charge >= 0.3 is 6.43 Å². The second-order valence-electron chi connectivity index (χ2n) is 5.11. The molecule has 5 heteroatoms. The summed E-state index contributed by atoms with van der Waals surface area (Å²) in [6, 6.07) is 14.5. The quantitative estimate of drug-likeness (QED) is 0.572. The Morgan fingerprint density at radius 3 is 2.43 bits per heavy atom. The predicted octanol–water partition coefficient (Wildman–Crippen LogP) is 5.42. The number of hydrogen-bond acceptors (Lipinski definition) is 2. The molecule has 0 fully saturated rings. The molecule has 0 aliphatic heterocycles. The fourth-order valence-corrected chi connectivity index (χ4v) is 3.14. The van der Waals surface area contributed by atoms with Crippen molar-refractivity contribution in [1.29, 1.82) is 0 Å². The summed E-state index contributed by atoms with van der Waals surface area (Å²) < 4.78 is 26.9. The van der Waals surface area contributed by atoms with Gasteiger partial charge in [0, 0.05) is 21.1 Å². The van der Waals surface area contributed by atoms with Gasteiger partial charge in [-0.05, 0) is 34.5 Å². The Bertz CT molecular complexity index is 894. The van der Waals surface area contributed by atoms with Crippen molar-refractivity contribution in [2.45, 2.75) is 13.3 Å². The zero-order valence-electron chi connectivity index (χ0n) is 12.2. The van der Waals surface area contributed by atoms with Crippen molar-refractivity contribution in [3.63, 3.8) is 0 Å². The number of fused-ring (bicyclic) bond motifs is 1. The van der Waals surface area contributed by atoms with Gasteiger partial charge in [0.1, 0.15) is 0 Å². The third-order valence-corrected chi connectivity index (χ3v) is 4.29. The first kappa shape index (κ1) is 15.7. The van der Waals surface area contributed by atoms with Crippen molar-refractivity contribution in [3.8, 4) is 11.1 Å². The van der Waals surface area contributed by atoms with Crippen LogP contribution in [0.2, 0.25) is 0 Å². The monoisotopic (exact) mass is 375 g/mol. The lowest BCUT2D eigenvalue weighted by atomic mass is 9.92. The molecule has 3 aromatic rings. The highest BCUT2D eigenvalue weighted by Crippen LogP contribution is 2.36. The Kier molecular flexibility index (Phi) is 4.22. The number of ketones is 1. The Labute approximate surface area is 140 Å². The SMILES string of the molecule is Cc1nc2c(Br)cccc2c(-c2ccccc2)c1C(=O)C(F)F. The van der Waals surface area contributed by atoms with Crippen LogP contribution >= 0.6 is 15.9 Å². The van der Waals surface area contributed by atoms with E-state index >= 15 is 0 Å². The summed E-state index contributed by atoms with van der Waals surface area (Å²) in [6.07, 6.45) is -3.07. The standard InChI is InChI=1S/C18H12BrF2NO/c1-10-14(17(23)18(20)21)15(11-6-3-2-4-7-11)12-8-5-9-13(19)16(12)22-10/h2-9,18H,1H3. The first-order valence-corrected chi connectivity index (χ1v) is 7.76. The lowest BCUT2D eigenvalue weighted by Gasteiger charge is -2.15. The van der Waals surface area contributed by atoms with Gasteiger partial charge in [-0.2, -0.15) is 0 Å². The number of carbonyl (C=O) groups is 1. The number of aryl methyl sites for hydroxylation is 1. The molecule has 0 saturated heterocycles. The van der Waals surface area contributed by atoms with Crippen LogP contribution in [-0.2, 0) is 0 Å². The van der Waals surface area contributed by atoms with Crippen LogP contribution in [0.15, 0.2) is 53.0 Å². The molecule has 0 bridgehead atoms. The molecule has 0 atom stereocenters. The molecule has 0 amide bonds. The van der Waals surface area contributed by atoms with Crippen LogP contribution in [0.1, 0.15) is 16.1 Å². The molecule has 0 unspecified atom stereocenters. The number of para-hydroxylation sites is 1. The van der Waals surface area contributed by atoms with Crippen LogP contribution in [-0.4, -0.2) is 17.2 Å². The second-order valence-corrected chi connectivity index (χ2v) is 5.97. The number of Topliss-reactive ketones (excluding diaryl/α,β-unsaturated/α-hetero) is 1. The van der Waals surface area contributed by atoms with Crippen molar-refractivity contribution in [2.75, 3.05) is 0 Å². The third-order valence-electron chi connectivity index (χ3n) is 3.65. The van der Waals surface area contributed by atoms with E-state index in [1.807, 2.05) is 24.3 Å². The van der Waals surface area contributed by atoms with Gasteiger partial charge in [-0.25, -0.2) is 8.78 Å². The van der Waals surface area contributed by atoms with Crippen molar-refractivity contribution in [3.05, 3.63) is 64.3 Å². The molecular weight excluding hydrogens is 364 g/mol. The van der Waals surface area contributed by atoms with Crippen molar-refractivity contribution in [1.82, 2.24) is 4.98 Å². The molecule has 0 N–H and O–H groups in total. The average Bonchev–Trinajstić information content (AvgIpc) is 2.54. The van der Waals surface area contributed by atoms with E-state index in [0.717, 1.165) is 4.47 Å². The number of aromatic nitrogens is 1. The number of alkyl halides is 2. The molecule has 1 heterocycles. The summed E-state index contributed by atoms with van der Waals surface area (Å²) in [4.78, 5) is 16.5. The molecule has 23 heavy (non-hydrogen) atoms. The van der Waals surface area contributed by atoms with E-state index in [4.69, 9.17) is 0 Å². The maximum Gasteiger partial charge on any atom is 0.300 e. The summed E-state index contributed by atoms with van der Waals surface area (Å²) >= 11 is 3.43. The molecule has 1 aromatic heterocycles. The van der Waals surface area contributed by atoms with Crippen LogP contribution in [0.5, 0.6) is 0 Å². The van der Waals surface area contributed by atoms with Crippen LogP contribution in [0.25, 0.3) is 22.0 Å². The topological polar surface area (TPSA) is 30.0 Å². The van der Waals surface area contributed by atoms with Crippen molar-refractivity contribution < 1.29 is 13.6 Å². The normalized spacial score (nSPS) is 11.2. The van der Waals surface area contributed by atoms with Crippen LogP contribution in [0.3, 0.4) is 0 Å². The summed E-state index contributed by atoms with van der Waals surface area (Å²) in [7, 11) is 0. The zero-order valence-corrected chi connectivity index (χ0v) is 13.8. The number of nitrogens with zero attached hydrogens (tertiary/aromatic N) is 1. The van der Waals surface area contributed by atoms with Crippen LogP contribution < -0.4 is 0 Å². The summed E-state index contributed by atoms with van der Waals surface area (Å²) in [6.45, 7) is 1.58. The fraction of sp³-hybridized carbons (Fsp3) is 0.111. The maximum absolute atomic E-state index is 13.1. The van der Waals surface area contributed by atoms with Gasteiger partial charge in [0.2, 0.25) is 5.78 Å². The van der Waals surface area contributed by atoms with E-state index in [2.05, 4.69) is 20.9 Å². The van der Waals surface area contributed by atoms with Gasteiger partial charge in [-0.15, -0.1) is 0 Å². The molecule has 2 aromatic carbocycles. The summed E-state index contributed by atoms with van der Waals surface area (Å²) in [5.74, 6) is -1.20. The Morgan fingerprint density at radius 1 is 1.09 bits per heavy atom. The highest BCUT2D eigenvalue weighted by molar-refractivity contribution is 9.10.